The molecule has 0 fully saturated rings. The number of hydrogen-bond acceptors (Lipinski definition) is 3. The van der Waals surface area contributed by atoms with Gasteiger partial charge in [0.2, 0.25) is 0 Å². The molecule has 2 rings (SSSR count). The molecule has 1 N–H and O–H groups in total. The van der Waals surface area contributed by atoms with Gasteiger partial charge in [0.25, 0.3) is 0 Å². The third-order valence-electron chi connectivity index (χ3n) is 2.83. The van der Waals surface area contributed by atoms with E-state index in [-0.39, 0.29) is 6.10 Å². The third-order valence-corrected chi connectivity index (χ3v) is 3.80. The lowest BCUT2D eigenvalue weighted by Crippen LogP contribution is -2.00. The van der Waals surface area contributed by atoms with Gasteiger partial charge < -0.3 is 9.84 Å². The molecule has 0 saturated carbocycles. The maximum absolute atomic E-state index is 10.1. The topological polar surface area (TPSA) is 29.5 Å². The maximum atomic E-state index is 10.1. The summed E-state index contributed by atoms with van der Waals surface area (Å²) in [6, 6.07) is 12.0. The molecule has 0 radical (unpaired) electrons. The molecule has 1 unspecified atom stereocenters. The van der Waals surface area contributed by atoms with Crippen LogP contribution >= 0.6 is 11.3 Å². The van der Waals surface area contributed by atoms with E-state index in [1.165, 1.54) is 0 Å². The van der Waals surface area contributed by atoms with Crippen molar-refractivity contribution in [3.8, 4) is 5.75 Å². The predicted molar refractivity (Wildman–Crippen MR) is 75.2 cm³/mol. The lowest BCUT2D eigenvalue weighted by molar-refractivity contribution is 0.171. The molecule has 96 valence electrons. The first-order valence-corrected chi connectivity index (χ1v) is 7.11. The molecule has 0 aliphatic rings. The molecule has 1 heterocycles. The van der Waals surface area contributed by atoms with Gasteiger partial charge in [0.05, 0.1) is 12.7 Å². The van der Waals surface area contributed by atoms with Gasteiger partial charge in [-0.05, 0) is 42.8 Å². The average molecular weight is 262 g/mol. The molecule has 0 aliphatic heterocycles. The Morgan fingerprint density at radius 3 is 2.78 bits per heavy atom. The van der Waals surface area contributed by atoms with E-state index in [1.807, 2.05) is 42.6 Å². The molecule has 0 amide bonds. The van der Waals surface area contributed by atoms with Crippen molar-refractivity contribution in [2.24, 2.45) is 0 Å². The number of aryl methyl sites for hydroxylation is 1. The zero-order valence-electron chi connectivity index (χ0n) is 10.5. The monoisotopic (exact) mass is 262 g/mol. The Kier molecular flexibility index (Phi) is 4.79. The molecular formula is C15H18O2S. The van der Waals surface area contributed by atoms with Crippen molar-refractivity contribution >= 4 is 11.3 Å². The molecule has 18 heavy (non-hydrogen) atoms. The number of thiophene rings is 1. The van der Waals surface area contributed by atoms with Crippen LogP contribution in [0.1, 0.15) is 29.9 Å². The van der Waals surface area contributed by atoms with Crippen molar-refractivity contribution in [1.82, 2.24) is 0 Å². The van der Waals surface area contributed by atoms with Gasteiger partial charge in [-0.1, -0.05) is 24.3 Å². The van der Waals surface area contributed by atoms with Gasteiger partial charge in [-0.2, -0.15) is 0 Å². The van der Waals surface area contributed by atoms with E-state index < -0.39 is 0 Å². The van der Waals surface area contributed by atoms with Gasteiger partial charge in [-0.15, -0.1) is 11.3 Å². The van der Waals surface area contributed by atoms with E-state index >= 15 is 0 Å². The number of rotatable bonds is 6. The number of benzene rings is 1. The lowest BCUT2D eigenvalue weighted by atomic mass is 10.1. The quantitative estimate of drug-likeness (QED) is 0.857. The highest BCUT2D eigenvalue weighted by molar-refractivity contribution is 7.10. The largest absolute Gasteiger partial charge is 0.494 e. The Hall–Kier alpha value is -1.32. The van der Waals surface area contributed by atoms with Crippen LogP contribution in [0.2, 0.25) is 0 Å². The number of aliphatic hydroxyl groups is 1. The second-order valence-electron chi connectivity index (χ2n) is 4.11. The molecule has 1 atom stereocenters. The zero-order chi connectivity index (χ0) is 12.8. The van der Waals surface area contributed by atoms with Crippen LogP contribution in [0.4, 0.5) is 0 Å². The minimum atomic E-state index is -0.375. The van der Waals surface area contributed by atoms with Crippen molar-refractivity contribution in [3.63, 3.8) is 0 Å². The van der Waals surface area contributed by atoms with Crippen LogP contribution in [0, 0.1) is 0 Å². The molecule has 2 nitrogen and oxygen atoms in total. The van der Waals surface area contributed by atoms with Crippen LogP contribution in [-0.2, 0) is 6.42 Å². The molecule has 0 bridgehead atoms. The molecule has 0 spiro atoms. The van der Waals surface area contributed by atoms with Crippen molar-refractivity contribution < 1.29 is 9.84 Å². The van der Waals surface area contributed by atoms with Crippen molar-refractivity contribution in [1.29, 1.82) is 0 Å². The molecule has 1 aromatic heterocycles. The second kappa shape index (κ2) is 6.57. The average Bonchev–Trinajstić information content (AvgIpc) is 2.92. The minimum Gasteiger partial charge on any atom is -0.494 e. The Labute approximate surface area is 112 Å². The highest BCUT2D eigenvalue weighted by atomic mass is 32.1. The van der Waals surface area contributed by atoms with E-state index in [1.54, 1.807) is 11.3 Å². The minimum absolute atomic E-state index is 0.375. The van der Waals surface area contributed by atoms with E-state index in [9.17, 15) is 5.11 Å². The van der Waals surface area contributed by atoms with Crippen LogP contribution in [0.25, 0.3) is 0 Å². The first-order valence-electron chi connectivity index (χ1n) is 6.23. The highest BCUT2D eigenvalue weighted by Crippen LogP contribution is 2.26. The van der Waals surface area contributed by atoms with Gasteiger partial charge in [0.1, 0.15) is 5.75 Å². The Morgan fingerprint density at radius 1 is 1.22 bits per heavy atom. The summed E-state index contributed by atoms with van der Waals surface area (Å²) in [5.41, 5.74) is 1.16. The van der Waals surface area contributed by atoms with Crippen molar-refractivity contribution in [2.75, 3.05) is 6.61 Å². The highest BCUT2D eigenvalue weighted by Gasteiger charge is 2.10. The summed E-state index contributed by atoms with van der Waals surface area (Å²) in [6.07, 6.45) is 1.18. The van der Waals surface area contributed by atoms with Gasteiger partial charge in [0, 0.05) is 4.88 Å². The van der Waals surface area contributed by atoms with E-state index in [2.05, 4.69) is 6.07 Å². The van der Waals surface area contributed by atoms with Crippen molar-refractivity contribution in [2.45, 2.75) is 25.9 Å². The third kappa shape index (κ3) is 3.34. The number of aliphatic hydroxyl groups excluding tert-OH is 1. The number of hydrogen-bond donors (Lipinski definition) is 1. The molecule has 0 aliphatic carbocycles. The summed E-state index contributed by atoms with van der Waals surface area (Å²) in [5, 5.41) is 12.1. The molecule has 2 aromatic rings. The zero-order valence-corrected chi connectivity index (χ0v) is 11.3. The Bertz CT molecular complexity index is 465. The molecule has 1 aromatic carbocycles. The molecule has 3 heteroatoms. The summed E-state index contributed by atoms with van der Waals surface area (Å²) < 4.78 is 5.58. The summed E-state index contributed by atoms with van der Waals surface area (Å²) in [7, 11) is 0. The first-order chi connectivity index (χ1) is 8.81. The maximum Gasteiger partial charge on any atom is 0.122 e. The fraction of sp³-hybridized carbons (Fsp3) is 0.333. The normalized spacial score (nSPS) is 12.3. The second-order valence-corrected chi connectivity index (χ2v) is 5.09. The standard InChI is InChI=1S/C15H18O2S/c1-2-17-14-7-4-3-6-12(14)9-10-13(16)15-8-5-11-18-15/h3-8,11,13,16H,2,9-10H2,1H3. The van der Waals surface area contributed by atoms with Crippen LogP contribution in [0.3, 0.4) is 0 Å². The Balaban J connectivity index is 1.97. The van der Waals surface area contributed by atoms with Gasteiger partial charge in [-0.25, -0.2) is 0 Å². The van der Waals surface area contributed by atoms with Gasteiger partial charge in [-0.3, -0.25) is 0 Å². The van der Waals surface area contributed by atoms with E-state index in [0.29, 0.717) is 6.61 Å². The van der Waals surface area contributed by atoms with Crippen LogP contribution in [0.5, 0.6) is 5.75 Å². The predicted octanol–water partition coefficient (Wildman–Crippen LogP) is 3.81. The molecule has 0 saturated heterocycles. The van der Waals surface area contributed by atoms with E-state index in [4.69, 9.17) is 4.74 Å². The molecular weight excluding hydrogens is 244 g/mol. The summed E-state index contributed by atoms with van der Waals surface area (Å²) in [4.78, 5) is 1.03. The summed E-state index contributed by atoms with van der Waals surface area (Å²) in [6.45, 7) is 2.65. The fourth-order valence-corrected chi connectivity index (χ4v) is 2.67. The van der Waals surface area contributed by atoms with Crippen LogP contribution in [0.15, 0.2) is 41.8 Å². The van der Waals surface area contributed by atoms with Crippen LogP contribution in [-0.4, -0.2) is 11.7 Å². The first kappa shape index (κ1) is 13.1. The number of para-hydroxylation sites is 1. The van der Waals surface area contributed by atoms with E-state index in [0.717, 1.165) is 29.0 Å². The smallest absolute Gasteiger partial charge is 0.122 e. The van der Waals surface area contributed by atoms with Gasteiger partial charge in [0.15, 0.2) is 0 Å². The SMILES string of the molecule is CCOc1ccccc1CCC(O)c1cccs1. The van der Waals surface area contributed by atoms with Crippen LogP contribution < -0.4 is 4.74 Å². The van der Waals surface area contributed by atoms with Crippen molar-refractivity contribution in [3.05, 3.63) is 52.2 Å². The lowest BCUT2D eigenvalue weighted by Gasteiger charge is -2.12. The summed E-state index contributed by atoms with van der Waals surface area (Å²) >= 11 is 1.60. The number of ether oxygens (including phenoxy) is 1. The van der Waals surface area contributed by atoms with Gasteiger partial charge >= 0.3 is 0 Å². The fourth-order valence-electron chi connectivity index (χ4n) is 1.92. The summed E-state index contributed by atoms with van der Waals surface area (Å²) in [5.74, 6) is 0.929. The Morgan fingerprint density at radius 2 is 2.06 bits per heavy atom.